The highest BCUT2D eigenvalue weighted by atomic mass is 16.4. The zero-order valence-corrected chi connectivity index (χ0v) is 10.6. The molecule has 0 aromatic heterocycles. The van der Waals surface area contributed by atoms with Crippen molar-refractivity contribution in [2.75, 3.05) is 13.1 Å². The molecule has 1 fully saturated rings. The summed E-state index contributed by atoms with van der Waals surface area (Å²) in [6, 6.07) is -0.965. The van der Waals surface area contributed by atoms with Crippen LogP contribution in [0.15, 0.2) is 0 Å². The van der Waals surface area contributed by atoms with Crippen molar-refractivity contribution in [3.8, 4) is 0 Å². The van der Waals surface area contributed by atoms with Gasteiger partial charge >= 0.3 is 12.0 Å². The average Bonchev–Trinajstić information content (AvgIpc) is 2.69. The maximum atomic E-state index is 10.3. The van der Waals surface area contributed by atoms with E-state index >= 15 is 0 Å². The molecule has 0 bridgehead atoms. The average molecular weight is 245 g/mol. The van der Waals surface area contributed by atoms with Crippen molar-refractivity contribution < 1.29 is 14.7 Å². The molecule has 6 nitrogen and oxygen atoms in total. The molecule has 2 amide bonds. The summed E-state index contributed by atoms with van der Waals surface area (Å²) in [5, 5.41) is 8.31. The van der Waals surface area contributed by atoms with Crippen molar-refractivity contribution in [1.82, 2.24) is 4.90 Å². The van der Waals surface area contributed by atoms with E-state index in [-0.39, 0.29) is 6.03 Å². The van der Waals surface area contributed by atoms with Crippen LogP contribution in [0.4, 0.5) is 4.79 Å². The summed E-state index contributed by atoms with van der Waals surface area (Å²) >= 11 is 0. The molecule has 0 saturated carbocycles. The van der Waals surface area contributed by atoms with E-state index in [1.54, 1.807) is 4.90 Å². The first kappa shape index (κ1) is 15.7. The summed E-state index contributed by atoms with van der Waals surface area (Å²) in [5.41, 5.74) is 10.2. The lowest BCUT2D eigenvalue weighted by molar-refractivity contribution is -0.138. The zero-order chi connectivity index (χ0) is 13.4. The normalized spacial score (nSPS) is 16.4. The first-order valence-corrected chi connectivity index (χ1v) is 5.87. The Hall–Kier alpha value is -1.30. The van der Waals surface area contributed by atoms with Gasteiger partial charge in [0.2, 0.25) is 0 Å². The SMILES string of the molecule is CC(C)C[C@H](N)C(=O)O.NC(=O)N1CCCC1. The third kappa shape index (κ3) is 7.57. The van der Waals surface area contributed by atoms with Crippen LogP contribution >= 0.6 is 0 Å². The standard InChI is InChI=1S/C6H13NO2.C5H10N2O/c1-4(2)3-5(7)6(8)9;6-5(8)7-3-1-2-4-7/h4-5H,3,7H2,1-2H3,(H,8,9);1-4H2,(H2,6,8)/t5-;/m0./s1. The lowest BCUT2D eigenvalue weighted by atomic mass is 10.1. The van der Waals surface area contributed by atoms with Gasteiger partial charge in [0.15, 0.2) is 0 Å². The highest BCUT2D eigenvalue weighted by Gasteiger charge is 2.13. The second-order valence-corrected chi connectivity index (χ2v) is 4.61. The van der Waals surface area contributed by atoms with E-state index in [4.69, 9.17) is 16.6 Å². The van der Waals surface area contributed by atoms with Crippen molar-refractivity contribution in [3.63, 3.8) is 0 Å². The maximum absolute atomic E-state index is 10.3. The second kappa shape index (κ2) is 7.89. The Labute approximate surface area is 102 Å². The molecule has 0 radical (unpaired) electrons. The van der Waals surface area contributed by atoms with Gasteiger partial charge in [0.05, 0.1) is 0 Å². The summed E-state index contributed by atoms with van der Waals surface area (Å²) < 4.78 is 0. The number of carboxylic acid groups (broad SMARTS) is 1. The number of hydrogen-bond donors (Lipinski definition) is 3. The molecule has 1 aliphatic rings. The van der Waals surface area contributed by atoms with E-state index in [1.165, 1.54) is 0 Å². The van der Waals surface area contributed by atoms with Crippen LogP contribution in [0, 0.1) is 5.92 Å². The minimum absolute atomic E-state index is 0.275. The van der Waals surface area contributed by atoms with Gasteiger partial charge in [0.1, 0.15) is 6.04 Å². The third-order valence-corrected chi connectivity index (χ3v) is 2.46. The summed E-state index contributed by atoms with van der Waals surface area (Å²) in [6.07, 6.45) is 2.78. The molecular weight excluding hydrogens is 222 g/mol. The number of nitrogens with zero attached hydrogens (tertiary/aromatic N) is 1. The predicted molar refractivity (Wildman–Crippen MR) is 65.5 cm³/mol. The van der Waals surface area contributed by atoms with Gasteiger partial charge in [-0.15, -0.1) is 0 Å². The lowest BCUT2D eigenvalue weighted by Crippen LogP contribution is -2.32. The molecule has 1 aliphatic heterocycles. The van der Waals surface area contributed by atoms with Crippen LogP contribution in [-0.4, -0.2) is 41.1 Å². The minimum Gasteiger partial charge on any atom is -0.480 e. The summed E-state index contributed by atoms with van der Waals surface area (Å²) in [4.78, 5) is 22.1. The highest BCUT2D eigenvalue weighted by Crippen LogP contribution is 2.05. The highest BCUT2D eigenvalue weighted by molar-refractivity contribution is 5.73. The summed E-state index contributed by atoms with van der Waals surface area (Å²) in [5.74, 6) is -0.556. The fourth-order valence-corrected chi connectivity index (χ4v) is 1.55. The molecule has 1 heterocycles. The van der Waals surface area contributed by atoms with Crippen LogP contribution in [0.2, 0.25) is 0 Å². The largest absolute Gasteiger partial charge is 0.480 e. The van der Waals surface area contributed by atoms with E-state index in [1.807, 2.05) is 13.8 Å². The van der Waals surface area contributed by atoms with Crippen molar-refractivity contribution in [1.29, 1.82) is 0 Å². The van der Waals surface area contributed by atoms with Crippen LogP contribution in [0.3, 0.4) is 0 Å². The van der Waals surface area contributed by atoms with Gasteiger partial charge in [0.25, 0.3) is 0 Å². The number of amides is 2. The lowest BCUT2D eigenvalue weighted by Gasteiger charge is -2.09. The number of aliphatic carboxylic acids is 1. The molecule has 100 valence electrons. The van der Waals surface area contributed by atoms with Crippen molar-refractivity contribution in [2.45, 2.75) is 39.2 Å². The van der Waals surface area contributed by atoms with Crippen LogP contribution < -0.4 is 11.5 Å². The Morgan fingerprint density at radius 2 is 1.76 bits per heavy atom. The van der Waals surface area contributed by atoms with Gasteiger partial charge in [-0.3, -0.25) is 4.79 Å². The second-order valence-electron chi connectivity index (χ2n) is 4.61. The van der Waals surface area contributed by atoms with Gasteiger partial charge in [-0.05, 0) is 25.2 Å². The molecule has 0 unspecified atom stereocenters. The number of nitrogens with two attached hydrogens (primary N) is 2. The molecule has 5 N–H and O–H groups in total. The van der Waals surface area contributed by atoms with Crippen molar-refractivity contribution in [2.24, 2.45) is 17.4 Å². The van der Waals surface area contributed by atoms with Gasteiger partial charge in [0, 0.05) is 13.1 Å². The number of urea groups is 1. The fourth-order valence-electron chi connectivity index (χ4n) is 1.55. The Bertz CT molecular complexity index is 250. The number of carbonyl (C=O) groups is 2. The Kier molecular flexibility index (Phi) is 7.29. The van der Waals surface area contributed by atoms with E-state index in [0.717, 1.165) is 25.9 Å². The molecule has 1 saturated heterocycles. The maximum Gasteiger partial charge on any atom is 0.320 e. The first-order valence-electron chi connectivity index (χ1n) is 5.87. The summed E-state index contributed by atoms with van der Waals surface area (Å²) in [7, 11) is 0. The molecule has 0 spiro atoms. The van der Waals surface area contributed by atoms with E-state index < -0.39 is 12.0 Å². The van der Waals surface area contributed by atoms with E-state index in [2.05, 4.69) is 0 Å². The Morgan fingerprint density at radius 1 is 1.29 bits per heavy atom. The first-order chi connectivity index (χ1) is 7.84. The van der Waals surface area contributed by atoms with Gasteiger partial charge in [-0.25, -0.2) is 4.79 Å². The number of primary amides is 1. The monoisotopic (exact) mass is 245 g/mol. The van der Waals surface area contributed by atoms with Crippen molar-refractivity contribution >= 4 is 12.0 Å². The van der Waals surface area contributed by atoms with Crippen LogP contribution in [-0.2, 0) is 4.79 Å². The smallest absolute Gasteiger partial charge is 0.320 e. The molecule has 1 rings (SSSR count). The molecule has 0 aliphatic carbocycles. The fraction of sp³-hybridized carbons (Fsp3) is 0.818. The molecular formula is C11H23N3O3. The van der Waals surface area contributed by atoms with Crippen LogP contribution in [0.25, 0.3) is 0 Å². The zero-order valence-electron chi connectivity index (χ0n) is 10.6. The third-order valence-electron chi connectivity index (χ3n) is 2.46. The Balaban J connectivity index is 0.000000302. The summed E-state index contributed by atoms with van der Waals surface area (Å²) in [6.45, 7) is 5.61. The quantitative estimate of drug-likeness (QED) is 0.676. The van der Waals surface area contributed by atoms with E-state index in [0.29, 0.717) is 12.3 Å². The number of carboxylic acids is 1. The van der Waals surface area contributed by atoms with Crippen molar-refractivity contribution in [3.05, 3.63) is 0 Å². The molecule has 0 aromatic rings. The number of rotatable bonds is 3. The van der Waals surface area contributed by atoms with Crippen LogP contribution in [0.5, 0.6) is 0 Å². The van der Waals surface area contributed by atoms with Crippen LogP contribution in [0.1, 0.15) is 33.1 Å². The number of hydrogen-bond acceptors (Lipinski definition) is 3. The number of carbonyl (C=O) groups excluding carboxylic acids is 1. The van der Waals surface area contributed by atoms with Gasteiger partial charge in [-0.1, -0.05) is 13.8 Å². The molecule has 0 aromatic carbocycles. The van der Waals surface area contributed by atoms with E-state index in [9.17, 15) is 9.59 Å². The molecule has 6 heteroatoms. The minimum atomic E-state index is -0.913. The predicted octanol–water partition coefficient (Wildman–Crippen LogP) is 0.605. The Morgan fingerprint density at radius 3 is 1.94 bits per heavy atom. The van der Waals surface area contributed by atoms with Gasteiger partial charge < -0.3 is 21.5 Å². The van der Waals surface area contributed by atoms with Gasteiger partial charge in [-0.2, -0.15) is 0 Å². The molecule has 17 heavy (non-hydrogen) atoms. The molecule has 1 atom stereocenters. The number of likely N-dealkylation sites (tertiary alicyclic amines) is 1. The topological polar surface area (TPSA) is 110 Å².